The zero-order valence-corrected chi connectivity index (χ0v) is 13.8. The number of halogens is 3. The van der Waals surface area contributed by atoms with Gasteiger partial charge in [0.25, 0.3) is 0 Å². The molecule has 3 aromatic rings. The first-order chi connectivity index (χ1) is 9.54. The maximum absolute atomic E-state index is 13.0. The molecule has 100 valence electrons. The molecule has 0 aliphatic carbocycles. The average molecular weight is 395 g/mol. The smallest absolute Gasteiger partial charge is 0.123 e. The van der Waals surface area contributed by atoms with Gasteiger partial charge in [0.15, 0.2) is 0 Å². The van der Waals surface area contributed by atoms with E-state index in [1.807, 2.05) is 19.1 Å². The van der Waals surface area contributed by atoms with Crippen molar-refractivity contribution < 1.29 is 4.39 Å². The fraction of sp³-hybridized carbons (Fsp3) is 0.0625. The maximum atomic E-state index is 13.0. The Morgan fingerprint density at radius 2 is 1.70 bits per heavy atom. The molecule has 0 radical (unpaired) electrons. The van der Waals surface area contributed by atoms with Crippen LogP contribution in [0.25, 0.3) is 22.2 Å². The number of fused-ring (bicyclic) bond motifs is 1. The summed E-state index contributed by atoms with van der Waals surface area (Å²) in [5.74, 6) is -0.239. The molecule has 3 rings (SSSR count). The molecule has 0 saturated carbocycles. The van der Waals surface area contributed by atoms with E-state index in [-0.39, 0.29) is 5.82 Å². The molecule has 1 heterocycles. The molecular formula is C16H10Br2FN. The number of rotatable bonds is 1. The summed E-state index contributed by atoms with van der Waals surface area (Å²) in [6.45, 7) is 2.01. The van der Waals surface area contributed by atoms with Crippen LogP contribution in [0.3, 0.4) is 0 Å². The number of hydrogen-bond acceptors (Lipinski definition) is 1. The summed E-state index contributed by atoms with van der Waals surface area (Å²) in [4.78, 5) is 4.73. The second-order valence-electron chi connectivity index (χ2n) is 4.62. The van der Waals surface area contributed by atoms with Gasteiger partial charge in [-0.3, -0.25) is 0 Å². The highest BCUT2D eigenvalue weighted by molar-refractivity contribution is 9.11. The lowest BCUT2D eigenvalue weighted by Crippen LogP contribution is -1.91. The van der Waals surface area contributed by atoms with Crippen LogP contribution < -0.4 is 0 Å². The third kappa shape index (κ3) is 2.50. The molecule has 1 aromatic heterocycles. The highest BCUT2D eigenvalue weighted by Crippen LogP contribution is 2.31. The quantitative estimate of drug-likeness (QED) is 0.502. The minimum atomic E-state index is -0.239. The maximum Gasteiger partial charge on any atom is 0.123 e. The van der Waals surface area contributed by atoms with Crippen molar-refractivity contribution in [1.82, 2.24) is 4.98 Å². The second kappa shape index (κ2) is 5.26. The largest absolute Gasteiger partial charge is 0.246 e. The molecule has 1 nitrogen and oxygen atoms in total. The number of aromatic nitrogens is 1. The number of aryl methyl sites for hydroxylation is 1. The van der Waals surface area contributed by atoms with Gasteiger partial charge in [-0.05, 0) is 70.9 Å². The van der Waals surface area contributed by atoms with Crippen molar-refractivity contribution in [2.24, 2.45) is 0 Å². The van der Waals surface area contributed by atoms with Crippen LogP contribution in [0.5, 0.6) is 0 Å². The summed E-state index contributed by atoms with van der Waals surface area (Å²) in [5, 5.41) is 1.06. The molecular weight excluding hydrogens is 385 g/mol. The van der Waals surface area contributed by atoms with Crippen LogP contribution in [-0.4, -0.2) is 4.98 Å². The van der Waals surface area contributed by atoms with Crippen molar-refractivity contribution in [2.75, 3.05) is 0 Å². The first-order valence-corrected chi connectivity index (χ1v) is 7.65. The van der Waals surface area contributed by atoms with Gasteiger partial charge in [-0.15, -0.1) is 0 Å². The molecule has 0 aliphatic heterocycles. The van der Waals surface area contributed by atoms with Gasteiger partial charge in [-0.1, -0.05) is 15.9 Å². The Morgan fingerprint density at radius 3 is 2.40 bits per heavy atom. The van der Waals surface area contributed by atoms with Gasteiger partial charge in [0.1, 0.15) is 5.82 Å². The SMILES string of the molecule is Cc1cc2cc(Br)cc(Br)c2nc1-c1ccc(F)cc1. The third-order valence-corrected chi connectivity index (χ3v) is 4.21. The molecule has 0 fully saturated rings. The monoisotopic (exact) mass is 393 g/mol. The van der Waals surface area contributed by atoms with E-state index in [9.17, 15) is 4.39 Å². The number of nitrogens with zero attached hydrogens (tertiary/aromatic N) is 1. The standard InChI is InChI=1S/C16H10Br2FN/c1-9-6-11-7-12(17)8-14(18)16(11)20-15(9)10-2-4-13(19)5-3-10/h2-8H,1H3. The van der Waals surface area contributed by atoms with Crippen molar-refractivity contribution in [2.45, 2.75) is 6.92 Å². The van der Waals surface area contributed by atoms with E-state index in [4.69, 9.17) is 4.98 Å². The highest BCUT2D eigenvalue weighted by Gasteiger charge is 2.09. The second-order valence-corrected chi connectivity index (χ2v) is 6.39. The molecule has 0 aliphatic rings. The third-order valence-electron chi connectivity index (χ3n) is 3.14. The van der Waals surface area contributed by atoms with Crippen molar-refractivity contribution in [3.8, 4) is 11.3 Å². The van der Waals surface area contributed by atoms with Gasteiger partial charge < -0.3 is 0 Å². The van der Waals surface area contributed by atoms with E-state index in [2.05, 4.69) is 37.9 Å². The van der Waals surface area contributed by atoms with Gasteiger partial charge in [0.05, 0.1) is 11.2 Å². The van der Waals surface area contributed by atoms with Crippen LogP contribution >= 0.6 is 31.9 Å². The van der Waals surface area contributed by atoms with Gasteiger partial charge in [0, 0.05) is 19.9 Å². The summed E-state index contributed by atoms with van der Waals surface area (Å²) in [5.41, 5.74) is 3.76. The first kappa shape index (κ1) is 13.7. The van der Waals surface area contributed by atoms with Crippen molar-refractivity contribution >= 4 is 42.8 Å². The van der Waals surface area contributed by atoms with E-state index in [1.165, 1.54) is 12.1 Å². The van der Waals surface area contributed by atoms with Crippen molar-refractivity contribution in [3.05, 3.63) is 62.8 Å². The summed E-state index contributed by atoms with van der Waals surface area (Å²) < 4.78 is 15.0. The lowest BCUT2D eigenvalue weighted by molar-refractivity contribution is 0.628. The van der Waals surface area contributed by atoms with E-state index in [0.717, 1.165) is 36.7 Å². The molecule has 0 spiro atoms. The molecule has 2 aromatic carbocycles. The van der Waals surface area contributed by atoms with Crippen LogP contribution in [0.1, 0.15) is 5.56 Å². The summed E-state index contributed by atoms with van der Waals surface area (Å²) in [6.07, 6.45) is 0. The lowest BCUT2D eigenvalue weighted by atomic mass is 10.0. The normalized spacial score (nSPS) is 11.0. The molecule has 0 atom stereocenters. The Balaban J connectivity index is 2.26. The lowest BCUT2D eigenvalue weighted by Gasteiger charge is -2.09. The summed E-state index contributed by atoms with van der Waals surface area (Å²) in [7, 11) is 0. The predicted octanol–water partition coefficient (Wildman–Crippen LogP) is 5.87. The molecule has 4 heteroatoms. The molecule has 0 unspecified atom stereocenters. The van der Waals surface area contributed by atoms with E-state index in [0.29, 0.717) is 0 Å². The van der Waals surface area contributed by atoms with Crippen LogP contribution in [0.2, 0.25) is 0 Å². The molecule has 0 bridgehead atoms. The predicted molar refractivity (Wildman–Crippen MR) is 87.3 cm³/mol. The van der Waals surface area contributed by atoms with E-state index < -0.39 is 0 Å². The Kier molecular flexibility index (Phi) is 3.61. The summed E-state index contributed by atoms with van der Waals surface area (Å²) in [6, 6.07) is 12.5. The van der Waals surface area contributed by atoms with Crippen LogP contribution in [0, 0.1) is 12.7 Å². The highest BCUT2D eigenvalue weighted by atomic mass is 79.9. The fourth-order valence-corrected chi connectivity index (χ4v) is 3.56. The Labute approximate surface area is 133 Å². The van der Waals surface area contributed by atoms with E-state index in [1.54, 1.807) is 12.1 Å². The minimum Gasteiger partial charge on any atom is -0.246 e. The molecule has 0 N–H and O–H groups in total. The Hall–Kier alpha value is -1.26. The van der Waals surface area contributed by atoms with Crippen molar-refractivity contribution in [1.29, 1.82) is 0 Å². The van der Waals surface area contributed by atoms with Gasteiger partial charge in [-0.25, -0.2) is 9.37 Å². The van der Waals surface area contributed by atoms with E-state index >= 15 is 0 Å². The average Bonchev–Trinajstić information content (AvgIpc) is 2.39. The van der Waals surface area contributed by atoms with Crippen molar-refractivity contribution in [3.63, 3.8) is 0 Å². The topological polar surface area (TPSA) is 12.9 Å². The molecule has 20 heavy (non-hydrogen) atoms. The number of pyridine rings is 1. The van der Waals surface area contributed by atoms with Gasteiger partial charge in [-0.2, -0.15) is 0 Å². The number of hydrogen-bond donors (Lipinski definition) is 0. The zero-order chi connectivity index (χ0) is 14.3. The molecule has 0 amide bonds. The Morgan fingerprint density at radius 1 is 1.00 bits per heavy atom. The summed E-state index contributed by atoms with van der Waals surface area (Å²) >= 11 is 7.02. The first-order valence-electron chi connectivity index (χ1n) is 6.07. The minimum absolute atomic E-state index is 0.239. The van der Waals surface area contributed by atoms with Crippen LogP contribution in [-0.2, 0) is 0 Å². The van der Waals surface area contributed by atoms with Gasteiger partial charge in [0.2, 0.25) is 0 Å². The van der Waals surface area contributed by atoms with Crippen LogP contribution in [0.4, 0.5) is 4.39 Å². The van der Waals surface area contributed by atoms with Crippen LogP contribution in [0.15, 0.2) is 51.4 Å². The molecule has 0 saturated heterocycles. The Bertz CT molecular complexity index is 798. The fourth-order valence-electron chi connectivity index (χ4n) is 2.22. The zero-order valence-electron chi connectivity index (χ0n) is 10.6. The van der Waals surface area contributed by atoms with Gasteiger partial charge >= 0.3 is 0 Å². The number of benzene rings is 2.